The van der Waals surface area contributed by atoms with Gasteiger partial charge in [0.25, 0.3) is 21.3 Å². The number of hydrogen-bond donors (Lipinski definition) is 5. The van der Waals surface area contributed by atoms with E-state index in [0.29, 0.717) is 5.69 Å². The molecule has 1 aromatic carbocycles. The molecule has 1 aromatic heterocycles. The number of nitro groups is 1. The summed E-state index contributed by atoms with van der Waals surface area (Å²) in [7, 11) is -4.44. The number of oxime groups is 1. The van der Waals surface area contributed by atoms with Crippen molar-refractivity contribution in [3.63, 3.8) is 0 Å². The van der Waals surface area contributed by atoms with Gasteiger partial charge >= 0.3 is 0 Å². The Kier molecular flexibility index (Phi) is 8.20. The van der Waals surface area contributed by atoms with Crippen molar-refractivity contribution in [2.75, 3.05) is 17.9 Å². The molecule has 2 rings (SSSR count). The maximum absolute atomic E-state index is 12.8. The lowest BCUT2D eigenvalue weighted by atomic mass is 10.1. The number of carbonyl (C=O) groups excluding carboxylic acids is 1. The summed E-state index contributed by atoms with van der Waals surface area (Å²) in [4.78, 5) is 41.6. The Bertz CT molecular complexity index is 1260. The van der Waals surface area contributed by atoms with Gasteiger partial charge in [0, 0.05) is 11.8 Å². The quantitative estimate of drug-likeness (QED) is 0.0961. The monoisotopic (exact) mass is 501 g/mol. The molecule has 2 aromatic rings. The van der Waals surface area contributed by atoms with Gasteiger partial charge in [0.2, 0.25) is 11.9 Å². The number of halogens is 1. The van der Waals surface area contributed by atoms with Crippen LogP contribution in [0.3, 0.4) is 0 Å². The SMILES string of the molecule is Cc1cc(CC(=O)NCCON=C(N)N)c(NS(=O)(=O)c2ccc(Cl)c([N+](=O)[O-])c2)c(=O)[nH]1. The van der Waals surface area contributed by atoms with Gasteiger partial charge in [-0.05, 0) is 35.8 Å². The highest BCUT2D eigenvalue weighted by Crippen LogP contribution is 2.28. The first-order valence-electron chi connectivity index (χ1n) is 9.08. The van der Waals surface area contributed by atoms with Crippen molar-refractivity contribution in [1.82, 2.24) is 10.3 Å². The van der Waals surface area contributed by atoms with E-state index in [1.807, 2.05) is 0 Å². The number of aryl methyl sites for hydroxylation is 1. The van der Waals surface area contributed by atoms with E-state index >= 15 is 0 Å². The van der Waals surface area contributed by atoms with E-state index in [-0.39, 0.29) is 36.1 Å². The van der Waals surface area contributed by atoms with Gasteiger partial charge in [-0.25, -0.2) is 8.42 Å². The highest BCUT2D eigenvalue weighted by Gasteiger charge is 2.23. The number of nitrogens with two attached hydrogens (primary N) is 2. The predicted octanol–water partition coefficient (Wildman–Crippen LogP) is -0.0906. The number of pyridine rings is 1. The van der Waals surface area contributed by atoms with Crippen LogP contribution >= 0.6 is 11.6 Å². The van der Waals surface area contributed by atoms with Crippen LogP contribution in [0.25, 0.3) is 0 Å². The van der Waals surface area contributed by atoms with Gasteiger partial charge in [-0.15, -0.1) is 0 Å². The summed E-state index contributed by atoms with van der Waals surface area (Å²) in [5, 5.41) is 16.6. The Morgan fingerprint density at radius 3 is 2.67 bits per heavy atom. The smallest absolute Gasteiger partial charge is 0.289 e. The second kappa shape index (κ2) is 10.6. The minimum atomic E-state index is -4.44. The van der Waals surface area contributed by atoms with Crippen molar-refractivity contribution < 1.29 is 23.0 Å². The third-order valence-electron chi connectivity index (χ3n) is 3.95. The molecule has 0 fully saturated rings. The molecule has 0 saturated heterocycles. The van der Waals surface area contributed by atoms with Crippen molar-refractivity contribution >= 4 is 44.9 Å². The second-order valence-electron chi connectivity index (χ2n) is 6.53. The molecule has 0 radical (unpaired) electrons. The molecule has 0 atom stereocenters. The number of sulfonamides is 1. The van der Waals surface area contributed by atoms with Crippen LogP contribution in [0.1, 0.15) is 11.3 Å². The van der Waals surface area contributed by atoms with Crippen LogP contribution in [-0.4, -0.2) is 43.3 Å². The largest absolute Gasteiger partial charge is 0.391 e. The Morgan fingerprint density at radius 2 is 2.03 bits per heavy atom. The van der Waals surface area contributed by atoms with Gasteiger partial charge in [-0.3, -0.25) is 24.4 Å². The minimum absolute atomic E-state index is 0.0348. The molecule has 178 valence electrons. The highest BCUT2D eigenvalue weighted by atomic mass is 35.5. The first kappa shape index (κ1) is 25.4. The Hall–Kier alpha value is -3.85. The zero-order valence-electron chi connectivity index (χ0n) is 17.1. The number of amides is 1. The molecule has 0 aliphatic rings. The summed E-state index contributed by atoms with van der Waals surface area (Å²) in [6, 6.07) is 4.27. The van der Waals surface area contributed by atoms with Crippen LogP contribution in [0.15, 0.2) is 39.1 Å². The maximum atomic E-state index is 12.8. The van der Waals surface area contributed by atoms with E-state index in [9.17, 15) is 28.1 Å². The Labute approximate surface area is 192 Å². The Morgan fingerprint density at radius 1 is 1.33 bits per heavy atom. The summed E-state index contributed by atoms with van der Waals surface area (Å²) in [6.45, 7) is 1.55. The van der Waals surface area contributed by atoms with Gasteiger partial charge in [-0.2, -0.15) is 0 Å². The molecule has 33 heavy (non-hydrogen) atoms. The minimum Gasteiger partial charge on any atom is -0.391 e. The van der Waals surface area contributed by atoms with E-state index in [0.717, 1.165) is 18.2 Å². The maximum Gasteiger partial charge on any atom is 0.289 e. The van der Waals surface area contributed by atoms with E-state index in [1.54, 1.807) is 6.92 Å². The van der Waals surface area contributed by atoms with Crippen molar-refractivity contribution in [2.24, 2.45) is 16.6 Å². The van der Waals surface area contributed by atoms with Crippen molar-refractivity contribution in [2.45, 2.75) is 18.2 Å². The van der Waals surface area contributed by atoms with Crippen molar-refractivity contribution in [3.05, 3.63) is 61.0 Å². The number of guanidine groups is 1. The average Bonchev–Trinajstić information content (AvgIpc) is 2.70. The van der Waals surface area contributed by atoms with E-state index in [2.05, 4.69) is 20.2 Å². The zero-order chi connectivity index (χ0) is 24.8. The Balaban J connectivity index is 2.26. The molecule has 16 heteroatoms. The van der Waals surface area contributed by atoms with Gasteiger partial charge in [0.15, 0.2) is 0 Å². The lowest BCUT2D eigenvalue weighted by Gasteiger charge is -2.13. The molecule has 1 amide bonds. The number of nitrogens with one attached hydrogen (secondary N) is 3. The topological polar surface area (TPSA) is 225 Å². The van der Waals surface area contributed by atoms with E-state index in [1.165, 1.54) is 6.07 Å². The molecule has 14 nitrogen and oxygen atoms in total. The zero-order valence-corrected chi connectivity index (χ0v) is 18.7. The number of carbonyl (C=O) groups is 1. The number of aromatic amines is 1. The average molecular weight is 502 g/mol. The van der Waals surface area contributed by atoms with Crippen molar-refractivity contribution in [3.8, 4) is 0 Å². The standard InChI is InChI=1S/C17H20ClN7O7S/c1-9-6-10(7-14(26)21-4-5-32-23-17(19)20)15(16(27)22-9)24-33(30,31)11-2-3-12(18)13(8-11)25(28)29/h2-3,6,8,24H,4-5,7H2,1H3,(H,21,26)(H,22,27)(H4,19,20,23). The normalized spacial score (nSPS) is 10.8. The first-order chi connectivity index (χ1) is 15.4. The molecule has 0 saturated carbocycles. The molecule has 0 aliphatic heterocycles. The van der Waals surface area contributed by atoms with Crippen LogP contribution < -0.4 is 27.1 Å². The lowest BCUT2D eigenvalue weighted by Crippen LogP contribution is -2.30. The van der Waals surface area contributed by atoms with Crippen LogP contribution in [0.4, 0.5) is 11.4 Å². The lowest BCUT2D eigenvalue weighted by molar-refractivity contribution is -0.384. The van der Waals surface area contributed by atoms with E-state index < -0.39 is 42.7 Å². The van der Waals surface area contributed by atoms with Crippen molar-refractivity contribution in [1.29, 1.82) is 0 Å². The van der Waals surface area contributed by atoms with Crippen LogP contribution in [0.2, 0.25) is 5.02 Å². The van der Waals surface area contributed by atoms with Gasteiger partial charge in [0.05, 0.1) is 22.8 Å². The fraction of sp³-hybridized carbons (Fsp3) is 0.235. The van der Waals surface area contributed by atoms with Crippen LogP contribution in [-0.2, 0) is 26.1 Å². The fourth-order valence-electron chi connectivity index (χ4n) is 2.59. The molecule has 0 bridgehead atoms. The van der Waals surface area contributed by atoms with Gasteiger partial charge in [0.1, 0.15) is 17.3 Å². The van der Waals surface area contributed by atoms with Crippen LogP contribution in [0.5, 0.6) is 0 Å². The molecule has 0 unspecified atom stereocenters. The third kappa shape index (κ3) is 7.08. The summed E-state index contributed by atoms with van der Waals surface area (Å²) in [6.07, 6.45) is -0.355. The predicted molar refractivity (Wildman–Crippen MR) is 119 cm³/mol. The molecular formula is C17H20ClN7O7S. The summed E-state index contributed by atoms with van der Waals surface area (Å²) in [5.74, 6) is -0.834. The van der Waals surface area contributed by atoms with Gasteiger partial charge in [-0.1, -0.05) is 11.6 Å². The molecule has 7 N–H and O–H groups in total. The first-order valence-corrected chi connectivity index (χ1v) is 10.9. The highest BCUT2D eigenvalue weighted by molar-refractivity contribution is 7.92. The van der Waals surface area contributed by atoms with Gasteiger partial charge < -0.3 is 26.6 Å². The summed E-state index contributed by atoms with van der Waals surface area (Å²) in [5.41, 5.74) is 8.79. The molecule has 0 spiro atoms. The number of H-pyrrole nitrogens is 1. The second-order valence-corrected chi connectivity index (χ2v) is 8.62. The molecule has 0 aliphatic carbocycles. The molecular weight excluding hydrogens is 482 g/mol. The summed E-state index contributed by atoms with van der Waals surface area (Å²) < 4.78 is 27.7. The number of nitro benzene ring substituents is 1. The number of anilines is 1. The van der Waals surface area contributed by atoms with E-state index in [4.69, 9.17) is 27.9 Å². The summed E-state index contributed by atoms with van der Waals surface area (Å²) >= 11 is 5.72. The van der Waals surface area contributed by atoms with Crippen LogP contribution in [0, 0.1) is 17.0 Å². The number of benzene rings is 1. The molecule has 1 heterocycles. The third-order valence-corrected chi connectivity index (χ3v) is 5.61. The number of hydrogen-bond acceptors (Lipinski definition) is 8. The number of nitrogens with zero attached hydrogens (tertiary/aromatic N) is 2. The number of rotatable bonds is 10. The fourth-order valence-corrected chi connectivity index (χ4v) is 3.90. The number of aromatic nitrogens is 1.